The van der Waals surface area contributed by atoms with Crippen LogP contribution in [0.15, 0.2) is 17.2 Å². The highest BCUT2D eigenvalue weighted by molar-refractivity contribution is 7.89. The van der Waals surface area contributed by atoms with E-state index in [1.807, 2.05) is 0 Å². The Balaban J connectivity index is 1.83. The quantitative estimate of drug-likeness (QED) is 0.702. The van der Waals surface area contributed by atoms with Crippen LogP contribution >= 0.6 is 0 Å². The number of nitrogens with zero attached hydrogens (tertiary/aromatic N) is 2. The smallest absolute Gasteiger partial charge is 0.267 e. The molecule has 142 valence electrons. The Morgan fingerprint density at radius 2 is 1.92 bits per heavy atom. The molecule has 1 fully saturated rings. The van der Waals surface area contributed by atoms with Crippen LogP contribution < -0.4 is 10.0 Å². The highest BCUT2D eigenvalue weighted by Crippen LogP contribution is 2.20. The number of aryl methyl sites for hydroxylation is 1. The summed E-state index contributed by atoms with van der Waals surface area (Å²) in [5.41, 5.74) is 0.342. The summed E-state index contributed by atoms with van der Waals surface area (Å²) in [6.45, 7) is 8.38. The molecule has 7 nitrogen and oxygen atoms in total. The van der Waals surface area contributed by atoms with E-state index in [0.717, 1.165) is 37.9 Å². The van der Waals surface area contributed by atoms with Gasteiger partial charge in [-0.3, -0.25) is 4.79 Å². The molecule has 1 aromatic rings. The number of piperidine rings is 1. The summed E-state index contributed by atoms with van der Waals surface area (Å²) in [5.74, 6) is 1.21. The average molecular weight is 371 g/mol. The number of likely N-dealkylation sites (tertiary alicyclic amines) is 1. The fourth-order valence-electron chi connectivity index (χ4n) is 3.59. The lowest BCUT2D eigenvalue weighted by Gasteiger charge is -2.34. The van der Waals surface area contributed by atoms with Gasteiger partial charge in [0.2, 0.25) is 10.0 Å². The largest absolute Gasteiger partial charge is 0.351 e. The maximum Gasteiger partial charge on any atom is 0.267 e. The van der Waals surface area contributed by atoms with Crippen LogP contribution in [0.25, 0.3) is 0 Å². The predicted octanol–water partition coefficient (Wildman–Crippen LogP) is 1.03. The number of carbonyl (C=O) groups excluding carboxylic acids is 1. The van der Waals surface area contributed by atoms with E-state index in [0.29, 0.717) is 12.2 Å². The van der Waals surface area contributed by atoms with Gasteiger partial charge in [-0.15, -0.1) is 0 Å². The Labute approximate surface area is 150 Å². The van der Waals surface area contributed by atoms with Gasteiger partial charge < -0.3 is 14.8 Å². The Bertz CT molecular complexity index is 689. The lowest BCUT2D eigenvalue weighted by Crippen LogP contribution is -2.40. The van der Waals surface area contributed by atoms with Gasteiger partial charge in [0.1, 0.15) is 10.6 Å². The summed E-state index contributed by atoms with van der Waals surface area (Å²) < 4.78 is 27.4. The van der Waals surface area contributed by atoms with Gasteiger partial charge in [-0.05, 0) is 44.3 Å². The Morgan fingerprint density at radius 1 is 1.28 bits per heavy atom. The van der Waals surface area contributed by atoms with Gasteiger partial charge in [0.25, 0.3) is 5.91 Å². The topological polar surface area (TPSA) is 83.4 Å². The first kappa shape index (κ1) is 19.9. The van der Waals surface area contributed by atoms with E-state index in [9.17, 15) is 13.2 Å². The van der Waals surface area contributed by atoms with Crippen LogP contribution in [0.2, 0.25) is 0 Å². The SMILES string of the molecule is CNS(=O)(=O)c1cc(C(=O)NCCCN2CC(C)CC(C)C2)n(C)c1. The van der Waals surface area contributed by atoms with Crippen LogP contribution in [-0.4, -0.2) is 57.0 Å². The number of rotatable bonds is 7. The van der Waals surface area contributed by atoms with E-state index in [1.54, 1.807) is 7.05 Å². The molecule has 0 spiro atoms. The van der Waals surface area contributed by atoms with Gasteiger partial charge in [-0.1, -0.05) is 13.8 Å². The molecule has 2 heterocycles. The molecule has 0 aromatic carbocycles. The van der Waals surface area contributed by atoms with Gasteiger partial charge in [-0.2, -0.15) is 0 Å². The number of aromatic nitrogens is 1. The summed E-state index contributed by atoms with van der Waals surface area (Å²) >= 11 is 0. The Kier molecular flexibility index (Phi) is 6.65. The van der Waals surface area contributed by atoms with Crippen molar-refractivity contribution in [1.29, 1.82) is 0 Å². The van der Waals surface area contributed by atoms with Crippen molar-refractivity contribution in [2.75, 3.05) is 33.2 Å². The first-order valence-electron chi connectivity index (χ1n) is 8.83. The van der Waals surface area contributed by atoms with Gasteiger partial charge in [-0.25, -0.2) is 13.1 Å². The third kappa shape index (κ3) is 5.29. The lowest BCUT2D eigenvalue weighted by molar-refractivity contribution is 0.0939. The van der Waals surface area contributed by atoms with Crippen molar-refractivity contribution in [3.05, 3.63) is 18.0 Å². The van der Waals surface area contributed by atoms with E-state index >= 15 is 0 Å². The first-order valence-corrected chi connectivity index (χ1v) is 10.3. The zero-order valence-electron chi connectivity index (χ0n) is 15.6. The van der Waals surface area contributed by atoms with Crippen molar-refractivity contribution in [3.8, 4) is 0 Å². The van der Waals surface area contributed by atoms with E-state index in [1.165, 1.54) is 30.3 Å². The minimum absolute atomic E-state index is 0.0962. The second-order valence-electron chi connectivity index (χ2n) is 7.19. The molecule has 25 heavy (non-hydrogen) atoms. The Hall–Kier alpha value is -1.38. The van der Waals surface area contributed by atoms with Crippen molar-refractivity contribution in [3.63, 3.8) is 0 Å². The fourth-order valence-corrected chi connectivity index (χ4v) is 4.39. The summed E-state index contributed by atoms with van der Waals surface area (Å²) in [6.07, 6.45) is 3.62. The first-order chi connectivity index (χ1) is 11.7. The normalized spacial score (nSPS) is 22.1. The van der Waals surface area contributed by atoms with E-state index in [4.69, 9.17) is 0 Å². The molecule has 1 aromatic heterocycles. The summed E-state index contributed by atoms with van der Waals surface area (Å²) in [7, 11) is -0.523. The molecular weight excluding hydrogens is 340 g/mol. The van der Waals surface area contributed by atoms with Gasteiger partial charge in [0.15, 0.2) is 0 Å². The molecule has 1 aliphatic rings. The van der Waals surface area contributed by atoms with Crippen molar-refractivity contribution < 1.29 is 13.2 Å². The zero-order valence-corrected chi connectivity index (χ0v) is 16.4. The molecular formula is C17H30N4O3S. The summed E-state index contributed by atoms with van der Waals surface area (Å²) in [5, 5.41) is 2.88. The summed E-state index contributed by atoms with van der Waals surface area (Å²) in [4.78, 5) is 14.8. The fraction of sp³-hybridized carbons (Fsp3) is 0.706. The highest BCUT2D eigenvalue weighted by Gasteiger charge is 2.21. The number of amides is 1. The molecule has 0 bridgehead atoms. The van der Waals surface area contributed by atoms with Crippen LogP contribution in [0, 0.1) is 11.8 Å². The highest BCUT2D eigenvalue weighted by atomic mass is 32.2. The average Bonchev–Trinajstić information content (AvgIpc) is 2.93. The molecule has 1 aliphatic heterocycles. The van der Waals surface area contributed by atoms with Crippen molar-refractivity contribution in [1.82, 2.24) is 19.5 Å². The molecule has 0 radical (unpaired) electrons. The molecule has 2 N–H and O–H groups in total. The van der Waals surface area contributed by atoms with E-state index < -0.39 is 10.0 Å². The van der Waals surface area contributed by atoms with E-state index in [-0.39, 0.29) is 10.8 Å². The molecule has 0 saturated carbocycles. The number of hydrogen-bond donors (Lipinski definition) is 2. The van der Waals surface area contributed by atoms with Crippen LogP contribution in [0.3, 0.4) is 0 Å². The maximum absolute atomic E-state index is 12.3. The standard InChI is InChI=1S/C17H30N4O3S/c1-13-8-14(2)11-21(10-13)7-5-6-19-17(22)16-9-15(12-20(16)4)25(23,24)18-3/h9,12-14,18H,5-8,10-11H2,1-4H3,(H,19,22). The van der Waals surface area contributed by atoms with Crippen LogP contribution in [0.4, 0.5) is 0 Å². The molecule has 2 rings (SSSR count). The van der Waals surface area contributed by atoms with Crippen LogP contribution in [0.5, 0.6) is 0 Å². The molecule has 8 heteroatoms. The number of carbonyl (C=O) groups is 1. The van der Waals surface area contributed by atoms with Crippen molar-refractivity contribution in [2.45, 2.75) is 31.6 Å². The molecule has 2 atom stereocenters. The third-order valence-corrected chi connectivity index (χ3v) is 6.05. The van der Waals surface area contributed by atoms with Crippen LogP contribution in [0.1, 0.15) is 37.2 Å². The monoisotopic (exact) mass is 370 g/mol. The molecule has 0 aliphatic carbocycles. The van der Waals surface area contributed by atoms with Gasteiger partial charge in [0.05, 0.1) is 0 Å². The van der Waals surface area contributed by atoms with Gasteiger partial charge >= 0.3 is 0 Å². The second-order valence-corrected chi connectivity index (χ2v) is 9.08. The minimum Gasteiger partial charge on any atom is -0.351 e. The van der Waals surface area contributed by atoms with Crippen molar-refractivity contribution in [2.24, 2.45) is 18.9 Å². The Morgan fingerprint density at radius 3 is 2.52 bits per heavy atom. The minimum atomic E-state index is -3.54. The number of sulfonamides is 1. The molecule has 1 saturated heterocycles. The lowest BCUT2D eigenvalue weighted by atomic mass is 9.92. The second kappa shape index (κ2) is 8.33. The third-order valence-electron chi connectivity index (χ3n) is 4.67. The van der Waals surface area contributed by atoms with Crippen molar-refractivity contribution >= 4 is 15.9 Å². The number of hydrogen-bond acceptors (Lipinski definition) is 4. The van der Waals surface area contributed by atoms with Crippen LogP contribution in [-0.2, 0) is 17.1 Å². The maximum atomic E-state index is 12.3. The summed E-state index contributed by atoms with van der Waals surface area (Å²) in [6, 6.07) is 1.40. The van der Waals surface area contributed by atoms with E-state index in [2.05, 4.69) is 28.8 Å². The molecule has 1 amide bonds. The predicted molar refractivity (Wildman–Crippen MR) is 98.0 cm³/mol. The number of nitrogens with one attached hydrogen (secondary N) is 2. The van der Waals surface area contributed by atoms with Gasteiger partial charge in [0, 0.05) is 32.9 Å². The zero-order chi connectivity index (χ0) is 18.6. The molecule has 2 unspecified atom stereocenters.